The largest absolute Gasteiger partial charge is 0.349 e. The predicted octanol–water partition coefficient (Wildman–Crippen LogP) is 3.34. The number of halogens is 1. The van der Waals surface area contributed by atoms with Crippen LogP contribution in [0.25, 0.3) is 5.69 Å². The smallest absolute Gasteiger partial charge is 0.224 e. The molecule has 0 fully saturated rings. The van der Waals surface area contributed by atoms with E-state index in [9.17, 15) is 4.79 Å². The minimum Gasteiger partial charge on any atom is -0.349 e. The summed E-state index contributed by atoms with van der Waals surface area (Å²) in [4.78, 5) is 16.1. The van der Waals surface area contributed by atoms with Crippen LogP contribution in [0.4, 0.5) is 0 Å². The molecular weight excluding hydrogens is 324 g/mol. The molecule has 1 atom stereocenters. The Labute approximate surface area is 145 Å². The average molecular weight is 341 g/mol. The minimum absolute atomic E-state index is 0.0230. The number of aromatic nitrogens is 3. The summed E-state index contributed by atoms with van der Waals surface area (Å²) >= 11 is 5.85. The average Bonchev–Trinajstić information content (AvgIpc) is 3.11. The van der Waals surface area contributed by atoms with Crippen molar-refractivity contribution in [1.82, 2.24) is 20.1 Å². The molecule has 0 spiro atoms. The molecule has 0 unspecified atom stereocenters. The third-order valence-corrected chi connectivity index (χ3v) is 3.98. The van der Waals surface area contributed by atoms with Gasteiger partial charge in [0.25, 0.3) is 0 Å². The fraction of sp³-hybridized carbons (Fsp3) is 0.167. The second kappa shape index (κ2) is 7.27. The van der Waals surface area contributed by atoms with Gasteiger partial charge in [0.1, 0.15) is 12.7 Å². The van der Waals surface area contributed by atoms with Crippen molar-refractivity contribution in [2.75, 3.05) is 0 Å². The first-order valence-electron chi connectivity index (χ1n) is 7.60. The predicted molar refractivity (Wildman–Crippen MR) is 93.1 cm³/mol. The summed E-state index contributed by atoms with van der Waals surface area (Å²) in [5.41, 5.74) is 2.89. The third kappa shape index (κ3) is 4.00. The molecule has 0 radical (unpaired) electrons. The fourth-order valence-electron chi connectivity index (χ4n) is 2.42. The van der Waals surface area contributed by atoms with Crippen LogP contribution in [0.5, 0.6) is 0 Å². The van der Waals surface area contributed by atoms with Gasteiger partial charge in [0.05, 0.1) is 18.2 Å². The standard InChI is InChI=1S/C18H17ClN4O/c1-13(22-18(24)10-14-2-6-16(19)7-3-14)15-4-8-17(9-5-15)23-12-20-11-21-23/h2-9,11-13H,10H2,1H3,(H,22,24)/t13-/m0/s1. The first kappa shape index (κ1) is 16.2. The number of carbonyl (C=O) groups excluding carboxylic acids is 1. The topological polar surface area (TPSA) is 59.8 Å². The van der Waals surface area contributed by atoms with Gasteiger partial charge in [-0.1, -0.05) is 35.9 Å². The van der Waals surface area contributed by atoms with Crippen molar-refractivity contribution in [3.63, 3.8) is 0 Å². The van der Waals surface area contributed by atoms with Crippen LogP contribution >= 0.6 is 11.6 Å². The highest BCUT2D eigenvalue weighted by molar-refractivity contribution is 6.30. The summed E-state index contributed by atoms with van der Waals surface area (Å²) in [7, 11) is 0. The molecule has 1 N–H and O–H groups in total. The minimum atomic E-state index is -0.0744. The van der Waals surface area contributed by atoms with Crippen LogP contribution in [0, 0.1) is 0 Å². The van der Waals surface area contributed by atoms with Gasteiger partial charge in [0.2, 0.25) is 5.91 Å². The van der Waals surface area contributed by atoms with Gasteiger partial charge in [-0.15, -0.1) is 0 Å². The van der Waals surface area contributed by atoms with Crippen molar-refractivity contribution in [1.29, 1.82) is 0 Å². The van der Waals surface area contributed by atoms with Gasteiger partial charge in [-0.3, -0.25) is 4.79 Å². The molecule has 1 aromatic heterocycles. The van der Waals surface area contributed by atoms with Gasteiger partial charge < -0.3 is 5.32 Å². The van der Waals surface area contributed by atoms with Gasteiger partial charge in [0.15, 0.2) is 0 Å². The zero-order valence-corrected chi connectivity index (χ0v) is 13.9. The Morgan fingerprint density at radius 1 is 1.17 bits per heavy atom. The molecule has 24 heavy (non-hydrogen) atoms. The number of hydrogen-bond donors (Lipinski definition) is 1. The highest BCUT2D eigenvalue weighted by Crippen LogP contribution is 2.16. The number of nitrogens with one attached hydrogen (secondary N) is 1. The van der Waals surface area contributed by atoms with Crippen molar-refractivity contribution in [3.05, 3.63) is 77.3 Å². The van der Waals surface area contributed by atoms with E-state index in [4.69, 9.17) is 11.6 Å². The second-order valence-electron chi connectivity index (χ2n) is 5.52. The molecule has 5 nitrogen and oxygen atoms in total. The molecule has 1 heterocycles. The Hall–Kier alpha value is -2.66. The van der Waals surface area contributed by atoms with Crippen LogP contribution in [0.15, 0.2) is 61.2 Å². The van der Waals surface area contributed by atoms with E-state index in [-0.39, 0.29) is 11.9 Å². The van der Waals surface area contributed by atoms with E-state index in [1.165, 1.54) is 6.33 Å². The Kier molecular flexibility index (Phi) is 4.91. The van der Waals surface area contributed by atoms with E-state index in [0.717, 1.165) is 16.8 Å². The molecule has 122 valence electrons. The molecule has 3 rings (SSSR count). The fourth-order valence-corrected chi connectivity index (χ4v) is 2.55. The SMILES string of the molecule is C[C@H](NC(=O)Cc1ccc(Cl)cc1)c1ccc(-n2cncn2)cc1. The lowest BCUT2D eigenvalue weighted by Crippen LogP contribution is -2.28. The Morgan fingerprint density at radius 2 is 1.88 bits per heavy atom. The number of hydrogen-bond acceptors (Lipinski definition) is 3. The van der Waals surface area contributed by atoms with Crippen molar-refractivity contribution in [3.8, 4) is 5.69 Å². The lowest BCUT2D eigenvalue weighted by atomic mass is 10.1. The Morgan fingerprint density at radius 3 is 2.50 bits per heavy atom. The lowest BCUT2D eigenvalue weighted by Gasteiger charge is -2.15. The molecule has 0 saturated heterocycles. The van der Waals surface area contributed by atoms with E-state index in [1.807, 2.05) is 43.3 Å². The molecule has 3 aromatic rings. The molecule has 0 bridgehead atoms. The van der Waals surface area contributed by atoms with Crippen LogP contribution in [0.3, 0.4) is 0 Å². The van der Waals surface area contributed by atoms with Crippen LogP contribution in [0.1, 0.15) is 24.1 Å². The first-order valence-corrected chi connectivity index (χ1v) is 7.98. The summed E-state index contributed by atoms with van der Waals surface area (Å²) in [6.07, 6.45) is 3.47. The Bertz CT molecular complexity index is 798. The number of rotatable bonds is 5. The summed E-state index contributed by atoms with van der Waals surface area (Å²) in [6, 6.07) is 15.1. The molecule has 0 aliphatic rings. The Balaban J connectivity index is 1.60. The van der Waals surface area contributed by atoms with Crippen LogP contribution in [0.2, 0.25) is 5.02 Å². The first-order chi connectivity index (χ1) is 11.6. The molecule has 6 heteroatoms. The van der Waals surface area contributed by atoms with Gasteiger partial charge in [-0.2, -0.15) is 5.10 Å². The summed E-state index contributed by atoms with van der Waals surface area (Å²) in [5, 5.41) is 7.76. The maximum atomic E-state index is 12.2. The molecule has 0 aliphatic carbocycles. The van der Waals surface area contributed by atoms with Gasteiger partial charge in [-0.05, 0) is 42.3 Å². The lowest BCUT2D eigenvalue weighted by molar-refractivity contribution is -0.121. The van der Waals surface area contributed by atoms with E-state index in [0.29, 0.717) is 11.4 Å². The number of carbonyl (C=O) groups is 1. The van der Waals surface area contributed by atoms with Crippen LogP contribution < -0.4 is 5.32 Å². The number of benzene rings is 2. The van der Waals surface area contributed by atoms with Gasteiger partial charge in [-0.25, -0.2) is 9.67 Å². The van der Waals surface area contributed by atoms with Crippen LogP contribution in [-0.4, -0.2) is 20.7 Å². The molecule has 2 aromatic carbocycles. The van der Waals surface area contributed by atoms with Crippen molar-refractivity contribution in [2.45, 2.75) is 19.4 Å². The number of amides is 1. The highest BCUT2D eigenvalue weighted by Gasteiger charge is 2.10. The maximum absolute atomic E-state index is 12.2. The van der Waals surface area contributed by atoms with E-state index in [2.05, 4.69) is 15.4 Å². The monoisotopic (exact) mass is 340 g/mol. The molecule has 0 saturated carbocycles. The molecule has 1 amide bonds. The molecular formula is C18H17ClN4O. The van der Waals surface area contributed by atoms with Gasteiger partial charge >= 0.3 is 0 Å². The van der Waals surface area contributed by atoms with Crippen LogP contribution in [-0.2, 0) is 11.2 Å². The van der Waals surface area contributed by atoms with Crippen molar-refractivity contribution in [2.24, 2.45) is 0 Å². The quantitative estimate of drug-likeness (QED) is 0.775. The zero-order chi connectivity index (χ0) is 16.9. The molecule has 0 aliphatic heterocycles. The second-order valence-corrected chi connectivity index (χ2v) is 5.96. The van der Waals surface area contributed by atoms with E-state index < -0.39 is 0 Å². The van der Waals surface area contributed by atoms with E-state index >= 15 is 0 Å². The maximum Gasteiger partial charge on any atom is 0.224 e. The van der Waals surface area contributed by atoms with Crippen molar-refractivity contribution >= 4 is 17.5 Å². The number of nitrogens with zero attached hydrogens (tertiary/aromatic N) is 3. The third-order valence-electron chi connectivity index (χ3n) is 3.73. The van der Waals surface area contributed by atoms with Gasteiger partial charge in [0, 0.05) is 5.02 Å². The van der Waals surface area contributed by atoms with Crippen molar-refractivity contribution < 1.29 is 4.79 Å². The normalized spacial score (nSPS) is 11.9. The van der Waals surface area contributed by atoms with E-state index in [1.54, 1.807) is 23.1 Å². The summed E-state index contributed by atoms with van der Waals surface area (Å²) in [6.45, 7) is 1.96. The summed E-state index contributed by atoms with van der Waals surface area (Å²) < 4.78 is 1.69. The summed E-state index contributed by atoms with van der Waals surface area (Å²) in [5.74, 6) is -0.0230. The zero-order valence-electron chi connectivity index (χ0n) is 13.2. The highest BCUT2D eigenvalue weighted by atomic mass is 35.5.